The molecule has 0 spiro atoms. The molecule has 2 atom stereocenters. The third-order valence-corrected chi connectivity index (χ3v) is 3.36. The third kappa shape index (κ3) is 3.08. The minimum Gasteiger partial charge on any atom is -0.474 e. The second-order valence-electron chi connectivity index (χ2n) is 5.37. The lowest BCUT2D eigenvalue weighted by molar-refractivity contribution is 0.0960. The van der Waals surface area contributed by atoms with Crippen molar-refractivity contribution >= 4 is 5.95 Å². The largest absolute Gasteiger partial charge is 0.474 e. The molecule has 0 radical (unpaired) electrons. The predicted molar refractivity (Wildman–Crippen MR) is 67.8 cm³/mol. The summed E-state index contributed by atoms with van der Waals surface area (Å²) < 4.78 is 5.98. The molecule has 1 aromatic rings. The van der Waals surface area contributed by atoms with Crippen LogP contribution in [-0.4, -0.2) is 16.1 Å². The summed E-state index contributed by atoms with van der Waals surface area (Å²) in [7, 11) is 0. The minimum absolute atomic E-state index is 0.266. The molecule has 1 aromatic heterocycles. The molecule has 0 saturated heterocycles. The zero-order valence-corrected chi connectivity index (χ0v) is 10.8. The van der Waals surface area contributed by atoms with Gasteiger partial charge in [-0.25, -0.2) is 4.98 Å². The summed E-state index contributed by atoms with van der Waals surface area (Å²) >= 11 is 0. The van der Waals surface area contributed by atoms with E-state index in [9.17, 15) is 0 Å². The Balaban J connectivity index is 2.07. The lowest BCUT2D eigenvalue weighted by Gasteiger charge is -2.31. The fraction of sp³-hybridized carbons (Fsp3) is 0.692. The van der Waals surface area contributed by atoms with Gasteiger partial charge in [0.05, 0.1) is 0 Å². The normalized spacial score (nSPS) is 29.0. The Kier molecular flexibility index (Phi) is 3.50. The number of nitrogens with two attached hydrogens (primary N) is 1. The van der Waals surface area contributed by atoms with Crippen molar-refractivity contribution in [1.29, 1.82) is 0 Å². The van der Waals surface area contributed by atoms with Crippen molar-refractivity contribution < 1.29 is 4.74 Å². The van der Waals surface area contributed by atoms with Crippen LogP contribution in [0, 0.1) is 18.8 Å². The van der Waals surface area contributed by atoms with Gasteiger partial charge in [0.15, 0.2) is 0 Å². The number of aromatic nitrogens is 2. The van der Waals surface area contributed by atoms with Crippen LogP contribution < -0.4 is 10.5 Å². The molecule has 2 N–H and O–H groups in total. The molecule has 0 bridgehead atoms. The zero-order valence-electron chi connectivity index (χ0n) is 10.8. The Bertz CT molecular complexity index is 384. The Labute approximate surface area is 103 Å². The molecule has 1 aliphatic rings. The first-order valence-corrected chi connectivity index (χ1v) is 6.30. The number of hydrogen-bond acceptors (Lipinski definition) is 4. The first-order chi connectivity index (χ1) is 8.04. The summed E-state index contributed by atoms with van der Waals surface area (Å²) in [5.74, 6) is 2.37. The van der Waals surface area contributed by atoms with Gasteiger partial charge in [-0.05, 0) is 38.0 Å². The topological polar surface area (TPSA) is 61.0 Å². The molecule has 2 unspecified atom stereocenters. The van der Waals surface area contributed by atoms with Gasteiger partial charge in [0, 0.05) is 11.8 Å². The van der Waals surface area contributed by atoms with Crippen molar-refractivity contribution in [1.82, 2.24) is 9.97 Å². The fourth-order valence-electron chi connectivity index (χ4n) is 2.69. The lowest BCUT2D eigenvalue weighted by Crippen LogP contribution is -2.29. The van der Waals surface area contributed by atoms with Gasteiger partial charge in [-0.3, -0.25) is 0 Å². The van der Waals surface area contributed by atoms with Crippen molar-refractivity contribution in [2.24, 2.45) is 11.8 Å². The molecule has 1 aliphatic carbocycles. The highest BCUT2D eigenvalue weighted by molar-refractivity contribution is 5.28. The molecule has 2 rings (SSSR count). The predicted octanol–water partition coefficient (Wildman–Crippen LogP) is 2.57. The van der Waals surface area contributed by atoms with Crippen molar-refractivity contribution in [3.63, 3.8) is 0 Å². The van der Waals surface area contributed by atoms with Crippen LogP contribution in [0.3, 0.4) is 0 Å². The average molecular weight is 235 g/mol. The van der Waals surface area contributed by atoms with E-state index in [1.807, 2.05) is 6.92 Å². The monoisotopic (exact) mass is 235 g/mol. The van der Waals surface area contributed by atoms with Crippen LogP contribution in [0.5, 0.6) is 5.88 Å². The summed E-state index contributed by atoms with van der Waals surface area (Å²) in [6.45, 7) is 6.52. The van der Waals surface area contributed by atoms with E-state index in [0.717, 1.165) is 30.2 Å². The SMILES string of the molecule is Cc1cnc(N)nc1OC1CC(C)CC(C)C1. The van der Waals surface area contributed by atoms with Gasteiger partial charge < -0.3 is 10.5 Å². The van der Waals surface area contributed by atoms with E-state index in [1.165, 1.54) is 6.42 Å². The van der Waals surface area contributed by atoms with E-state index in [4.69, 9.17) is 10.5 Å². The number of ether oxygens (including phenoxy) is 1. The fourth-order valence-corrected chi connectivity index (χ4v) is 2.69. The number of nitrogen functional groups attached to an aromatic ring is 1. The summed E-state index contributed by atoms with van der Waals surface area (Å²) in [5, 5.41) is 0. The number of anilines is 1. The van der Waals surface area contributed by atoms with Crippen molar-refractivity contribution in [3.05, 3.63) is 11.8 Å². The summed E-state index contributed by atoms with van der Waals surface area (Å²) in [6, 6.07) is 0. The van der Waals surface area contributed by atoms with Gasteiger partial charge in [-0.2, -0.15) is 4.98 Å². The molecule has 4 heteroatoms. The maximum atomic E-state index is 5.98. The van der Waals surface area contributed by atoms with Gasteiger partial charge >= 0.3 is 0 Å². The van der Waals surface area contributed by atoms with Crippen LogP contribution in [0.25, 0.3) is 0 Å². The summed E-state index contributed by atoms with van der Waals surface area (Å²) in [4.78, 5) is 8.11. The van der Waals surface area contributed by atoms with Crippen LogP contribution in [-0.2, 0) is 0 Å². The standard InChI is InChI=1S/C13H21N3O/c1-8-4-9(2)6-11(5-8)17-12-10(3)7-15-13(14)16-12/h7-9,11H,4-6H2,1-3H3,(H2,14,15,16). The first-order valence-electron chi connectivity index (χ1n) is 6.30. The quantitative estimate of drug-likeness (QED) is 0.855. The second kappa shape index (κ2) is 4.90. The second-order valence-corrected chi connectivity index (χ2v) is 5.37. The molecule has 0 amide bonds. The van der Waals surface area contributed by atoms with Crippen LogP contribution in [0.1, 0.15) is 38.7 Å². The smallest absolute Gasteiger partial charge is 0.223 e. The molecule has 0 aliphatic heterocycles. The van der Waals surface area contributed by atoms with Crippen LogP contribution in [0.2, 0.25) is 0 Å². The van der Waals surface area contributed by atoms with Crippen LogP contribution in [0.4, 0.5) is 5.95 Å². The highest BCUT2D eigenvalue weighted by Crippen LogP contribution is 2.31. The highest BCUT2D eigenvalue weighted by atomic mass is 16.5. The van der Waals surface area contributed by atoms with Crippen molar-refractivity contribution in [2.45, 2.75) is 46.1 Å². The Morgan fingerprint density at radius 3 is 2.53 bits per heavy atom. The van der Waals surface area contributed by atoms with Gasteiger partial charge in [0.25, 0.3) is 0 Å². The van der Waals surface area contributed by atoms with E-state index >= 15 is 0 Å². The molecule has 1 saturated carbocycles. The lowest BCUT2D eigenvalue weighted by atomic mass is 9.82. The Hall–Kier alpha value is -1.32. The summed E-state index contributed by atoms with van der Waals surface area (Å²) in [6.07, 6.45) is 5.49. The van der Waals surface area contributed by atoms with Crippen molar-refractivity contribution in [3.8, 4) is 5.88 Å². The minimum atomic E-state index is 0.266. The zero-order chi connectivity index (χ0) is 12.4. The van der Waals surface area contributed by atoms with E-state index in [-0.39, 0.29) is 12.1 Å². The molecule has 94 valence electrons. The molecule has 1 fully saturated rings. The molecule has 17 heavy (non-hydrogen) atoms. The molecular weight excluding hydrogens is 214 g/mol. The van der Waals surface area contributed by atoms with E-state index < -0.39 is 0 Å². The highest BCUT2D eigenvalue weighted by Gasteiger charge is 2.26. The number of rotatable bonds is 2. The first kappa shape index (κ1) is 12.1. The number of nitrogens with zero attached hydrogens (tertiary/aromatic N) is 2. The number of hydrogen-bond donors (Lipinski definition) is 1. The molecule has 0 aromatic carbocycles. The Morgan fingerprint density at radius 1 is 1.24 bits per heavy atom. The van der Waals surface area contributed by atoms with Gasteiger partial charge in [-0.1, -0.05) is 13.8 Å². The van der Waals surface area contributed by atoms with Gasteiger partial charge in [0.2, 0.25) is 11.8 Å². The maximum absolute atomic E-state index is 5.98. The molecular formula is C13H21N3O. The van der Waals surface area contributed by atoms with Crippen molar-refractivity contribution in [2.75, 3.05) is 5.73 Å². The van der Waals surface area contributed by atoms with Crippen LogP contribution >= 0.6 is 0 Å². The Morgan fingerprint density at radius 2 is 1.88 bits per heavy atom. The average Bonchev–Trinajstić information content (AvgIpc) is 2.22. The van der Waals surface area contributed by atoms with E-state index in [1.54, 1.807) is 6.20 Å². The number of aryl methyl sites for hydroxylation is 1. The van der Waals surface area contributed by atoms with Crippen LogP contribution in [0.15, 0.2) is 6.20 Å². The van der Waals surface area contributed by atoms with Gasteiger partial charge in [-0.15, -0.1) is 0 Å². The van der Waals surface area contributed by atoms with Gasteiger partial charge in [0.1, 0.15) is 6.10 Å². The maximum Gasteiger partial charge on any atom is 0.223 e. The molecule has 1 heterocycles. The van der Waals surface area contributed by atoms with E-state index in [0.29, 0.717) is 5.88 Å². The molecule has 4 nitrogen and oxygen atoms in total. The van der Waals surface area contributed by atoms with E-state index in [2.05, 4.69) is 23.8 Å². The third-order valence-electron chi connectivity index (χ3n) is 3.36. The summed E-state index contributed by atoms with van der Waals surface area (Å²) in [5.41, 5.74) is 6.53.